The molecule has 0 N–H and O–H groups in total. The van der Waals surface area contributed by atoms with Crippen molar-refractivity contribution in [2.45, 2.75) is 45.3 Å². The van der Waals surface area contributed by atoms with Crippen LogP contribution in [0.15, 0.2) is 53.1 Å². The van der Waals surface area contributed by atoms with Crippen LogP contribution in [0.2, 0.25) is 0 Å². The lowest BCUT2D eigenvalue weighted by atomic mass is 10.1. The Hall–Kier alpha value is -2.60. The molecule has 1 aromatic carbocycles. The standard InChI is InChI=1S/C23H30N2O4/c1-2-12-24(22(26)15-19-8-4-3-5-9-19)18-23(27)25(16-20-10-6-13-28-20)17-21-11-7-14-29-21/h3-6,8-10,13,21H,2,7,11-12,14-18H2,1H3/t21-/m0/s1. The third-order valence-electron chi connectivity index (χ3n) is 5.10. The molecule has 156 valence electrons. The van der Waals surface area contributed by atoms with Gasteiger partial charge in [0, 0.05) is 19.7 Å². The van der Waals surface area contributed by atoms with Gasteiger partial charge in [-0.05, 0) is 37.0 Å². The highest BCUT2D eigenvalue weighted by Crippen LogP contribution is 2.16. The van der Waals surface area contributed by atoms with Gasteiger partial charge in [0.25, 0.3) is 0 Å². The SMILES string of the molecule is CCCN(CC(=O)N(Cc1ccco1)C[C@@H]1CCCO1)C(=O)Cc1ccccc1. The second-order valence-corrected chi connectivity index (χ2v) is 7.47. The molecule has 2 heterocycles. The van der Waals surface area contributed by atoms with E-state index < -0.39 is 0 Å². The average molecular weight is 399 g/mol. The number of carbonyl (C=O) groups excluding carboxylic acids is 2. The molecular formula is C23H30N2O4. The fraction of sp³-hybridized carbons (Fsp3) is 0.478. The Balaban J connectivity index is 1.65. The third kappa shape index (κ3) is 6.46. The van der Waals surface area contributed by atoms with E-state index in [-0.39, 0.29) is 24.5 Å². The summed E-state index contributed by atoms with van der Waals surface area (Å²) in [5.74, 6) is 0.627. The predicted molar refractivity (Wildman–Crippen MR) is 110 cm³/mol. The number of furan rings is 1. The maximum atomic E-state index is 13.1. The van der Waals surface area contributed by atoms with Gasteiger partial charge >= 0.3 is 0 Å². The van der Waals surface area contributed by atoms with E-state index in [4.69, 9.17) is 9.15 Å². The quantitative estimate of drug-likeness (QED) is 0.616. The normalized spacial score (nSPS) is 16.0. The van der Waals surface area contributed by atoms with Crippen molar-refractivity contribution in [1.82, 2.24) is 9.80 Å². The summed E-state index contributed by atoms with van der Waals surface area (Å²) >= 11 is 0. The molecule has 6 heteroatoms. The van der Waals surface area contributed by atoms with Crippen LogP contribution >= 0.6 is 0 Å². The number of nitrogens with zero attached hydrogens (tertiary/aromatic N) is 2. The molecule has 1 aromatic heterocycles. The van der Waals surface area contributed by atoms with Gasteiger partial charge in [-0.3, -0.25) is 9.59 Å². The Morgan fingerprint density at radius 1 is 1.07 bits per heavy atom. The molecule has 6 nitrogen and oxygen atoms in total. The summed E-state index contributed by atoms with van der Waals surface area (Å²) in [5.41, 5.74) is 0.956. The molecule has 1 saturated heterocycles. The Bertz CT molecular complexity index is 754. The largest absolute Gasteiger partial charge is 0.467 e. The number of benzene rings is 1. The highest BCUT2D eigenvalue weighted by atomic mass is 16.5. The summed E-state index contributed by atoms with van der Waals surface area (Å²) in [6.07, 6.45) is 4.74. The zero-order chi connectivity index (χ0) is 20.5. The Morgan fingerprint density at radius 2 is 1.90 bits per heavy atom. The lowest BCUT2D eigenvalue weighted by Crippen LogP contribution is -2.45. The topological polar surface area (TPSA) is 63.0 Å². The fourth-order valence-corrected chi connectivity index (χ4v) is 3.59. The van der Waals surface area contributed by atoms with E-state index in [1.54, 1.807) is 16.1 Å². The maximum Gasteiger partial charge on any atom is 0.242 e. The maximum absolute atomic E-state index is 13.1. The number of hydrogen-bond acceptors (Lipinski definition) is 4. The Labute approximate surface area is 172 Å². The highest BCUT2D eigenvalue weighted by molar-refractivity contribution is 5.86. The zero-order valence-corrected chi connectivity index (χ0v) is 17.1. The lowest BCUT2D eigenvalue weighted by Gasteiger charge is -2.28. The van der Waals surface area contributed by atoms with Crippen molar-refractivity contribution in [2.24, 2.45) is 0 Å². The minimum Gasteiger partial charge on any atom is -0.467 e. The van der Waals surface area contributed by atoms with Crippen molar-refractivity contribution in [3.05, 3.63) is 60.1 Å². The van der Waals surface area contributed by atoms with E-state index in [2.05, 4.69) is 0 Å². The third-order valence-corrected chi connectivity index (χ3v) is 5.10. The van der Waals surface area contributed by atoms with Crippen LogP contribution in [0, 0.1) is 0 Å². The van der Waals surface area contributed by atoms with Gasteiger partial charge in [-0.25, -0.2) is 0 Å². The zero-order valence-electron chi connectivity index (χ0n) is 17.1. The Morgan fingerprint density at radius 3 is 2.55 bits per heavy atom. The van der Waals surface area contributed by atoms with Crippen LogP contribution in [-0.4, -0.2) is 54.0 Å². The molecule has 0 saturated carbocycles. The van der Waals surface area contributed by atoms with E-state index in [1.807, 2.05) is 49.4 Å². The van der Waals surface area contributed by atoms with Gasteiger partial charge in [0.1, 0.15) is 5.76 Å². The molecule has 0 spiro atoms. The molecule has 1 atom stereocenters. The average Bonchev–Trinajstić information content (AvgIpc) is 3.42. The summed E-state index contributed by atoms with van der Waals surface area (Å²) in [6, 6.07) is 13.3. The van der Waals surface area contributed by atoms with Crippen molar-refractivity contribution >= 4 is 11.8 Å². The molecule has 0 bridgehead atoms. The van der Waals surface area contributed by atoms with Crippen LogP contribution in [0.4, 0.5) is 0 Å². The lowest BCUT2D eigenvalue weighted by molar-refractivity contribution is -0.141. The molecule has 2 aromatic rings. The molecule has 0 aliphatic carbocycles. The summed E-state index contributed by atoms with van der Waals surface area (Å²) < 4.78 is 11.2. The fourth-order valence-electron chi connectivity index (χ4n) is 3.59. The van der Waals surface area contributed by atoms with Crippen molar-refractivity contribution in [1.29, 1.82) is 0 Å². The van der Waals surface area contributed by atoms with Crippen molar-refractivity contribution < 1.29 is 18.7 Å². The smallest absolute Gasteiger partial charge is 0.242 e. The van der Waals surface area contributed by atoms with E-state index in [9.17, 15) is 9.59 Å². The van der Waals surface area contributed by atoms with E-state index >= 15 is 0 Å². The first-order chi connectivity index (χ1) is 14.2. The number of rotatable bonds is 10. The number of carbonyl (C=O) groups is 2. The first-order valence-corrected chi connectivity index (χ1v) is 10.4. The van der Waals surface area contributed by atoms with Crippen LogP contribution < -0.4 is 0 Å². The molecule has 3 rings (SSSR count). The molecule has 2 amide bonds. The molecule has 0 unspecified atom stereocenters. The second kappa shape index (κ2) is 10.8. The second-order valence-electron chi connectivity index (χ2n) is 7.47. The molecule has 29 heavy (non-hydrogen) atoms. The first-order valence-electron chi connectivity index (χ1n) is 10.4. The van der Waals surface area contributed by atoms with Gasteiger partial charge in [0.15, 0.2) is 0 Å². The van der Waals surface area contributed by atoms with Gasteiger partial charge in [-0.2, -0.15) is 0 Å². The van der Waals surface area contributed by atoms with Gasteiger partial charge < -0.3 is 19.0 Å². The number of hydrogen-bond donors (Lipinski definition) is 0. The molecule has 1 aliphatic heterocycles. The first kappa shape index (κ1) is 21.1. The van der Waals surface area contributed by atoms with Crippen LogP contribution in [0.5, 0.6) is 0 Å². The molecule has 1 aliphatic rings. The number of ether oxygens (including phenoxy) is 1. The molecule has 1 fully saturated rings. The predicted octanol–water partition coefficient (Wildman–Crippen LogP) is 3.27. The summed E-state index contributed by atoms with van der Waals surface area (Å²) in [7, 11) is 0. The number of amides is 2. The van der Waals surface area contributed by atoms with Crippen molar-refractivity contribution in [3.63, 3.8) is 0 Å². The monoisotopic (exact) mass is 398 g/mol. The van der Waals surface area contributed by atoms with Crippen LogP contribution in [0.1, 0.15) is 37.5 Å². The van der Waals surface area contributed by atoms with Gasteiger partial charge in [-0.1, -0.05) is 37.3 Å². The van der Waals surface area contributed by atoms with E-state index in [0.29, 0.717) is 26.1 Å². The summed E-state index contributed by atoms with van der Waals surface area (Å²) in [6.45, 7) is 4.30. The van der Waals surface area contributed by atoms with Gasteiger partial charge in [-0.15, -0.1) is 0 Å². The van der Waals surface area contributed by atoms with Crippen LogP contribution in [-0.2, 0) is 27.3 Å². The van der Waals surface area contributed by atoms with E-state index in [0.717, 1.165) is 37.2 Å². The minimum atomic E-state index is -0.0771. The van der Waals surface area contributed by atoms with Crippen LogP contribution in [0.25, 0.3) is 0 Å². The minimum absolute atomic E-state index is 0.0264. The van der Waals surface area contributed by atoms with Gasteiger partial charge in [0.2, 0.25) is 11.8 Å². The summed E-state index contributed by atoms with van der Waals surface area (Å²) in [4.78, 5) is 29.4. The van der Waals surface area contributed by atoms with Crippen LogP contribution in [0.3, 0.4) is 0 Å². The highest BCUT2D eigenvalue weighted by Gasteiger charge is 2.26. The van der Waals surface area contributed by atoms with Gasteiger partial charge in [0.05, 0.1) is 31.9 Å². The Kier molecular flexibility index (Phi) is 7.87. The molecule has 0 radical (unpaired) electrons. The summed E-state index contributed by atoms with van der Waals surface area (Å²) in [5, 5.41) is 0. The van der Waals surface area contributed by atoms with Crippen molar-refractivity contribution in [2.75, 3.05) is 26.2 Å². The molecular weight excluding hydrogens is 368 g/mol. The van der Waals surface area contributed by atoms with E-state index in [1.165, 1.54) is 0 Å². The van der Waals surface area contributed by atoms with Crippen molar-refractivity contribution in [3.8, 4) is 0 Å².